The van der Waals surface area contributed by atoms with Crippen LogP contribution in [0.25, 0.3) is 5.69 Å². The van der Waals surface area contributed by atoms with Crippen LogP contribution >= 0.6 is 0 Å². The van der Waals surface area contributed by atoms with Crippen molar-refractivity contribution in [3.05, 3.63) is 71.8 Å². The maximum Gasteiger partial charge on any atom is 0.191 e. The first-order chi connectivity index (χ1) is 14.4. The Morgan fingerprint density at radius 2 is 1.83 bits per heavy atom. The summed E-state index contributed by atoms with van der Waals surface area (Å²) < 4.78 is 25.2. The van der Waals surface area contributed by atoms with Crippen LogP contribution in [0.5, 0.6) is 0 Å². The van der Waals surface area contributed by atoms with Gasteiger partial charge in [0, 0.05) is 19.3 Å². The van der Waals surface area contributed by atoms with Gasteiger partial charge in [-0.05, 0) is 48.7 Å². The number of hydrogen-bond donors (Lipinski definition) is 2. The van der Waals surface area contributed by atoms with Gasteiger partial charge in [-0.1, -0.05) is 24.3 Å². The van der Waals surface area contributed by atoms with Crippen molar-refractivity contribution in [2.45, 2.75) is 31.8 Å². The quantitative estimate of drug-likeness (QED) is 0.444. The van der Waals surface area contributed by atoms with E-state index in [4.69, 9.17) is 0 Å². The van der Waals surface area contributed by atoms with Gasteiger partial charge in [0.25, 0.3) is 0 Å². The maximum absolute atomic E-state index is 11.8. The molecule has 3 rings (SSSR count). The summed E-state index contributed by atoms with van der Waals surface area (Å²) in [6.07, 6.45) is 4.39. The molecule has 8 nitrogen and oxygen atoms in total. The van der Waals surface area contributed by atoms with Crippen LogP contribution in [-0.4, -0.2) is 41.9 Å². The molecule has 3 aromatic rings. The monoisotopic (exact) mass is 426 g/mol. The lowest BCUT2D eigenvalue weighted by Crippen LogP contribution is -2.36. The van der Waals surface area contributed by atoms with Crippen LogP contribution in [0.4, 0.5) is 0 Å². The van der Waals surface area contributed by atoms with Crippen molar-refractivity contribution in [3.8, 4) is 5.69 Å². The van der Waals surface area contributed by atoms with E-state index in [-0.39, 0.29) is 0 Å². The second-order valence-electron chi connectivity index (χ2n) is 6.93. The molecule has 30 heavy (non-hydrogen) atoms. The first-order valence-corrected chi connectivity index (χ1v) is 11.5. The molecule has 2 N–H and O–H groups in total. The molecule has 0 fully saturated rings. The number of sulfone groups is 1. The number of benzene rings is 2. The highest BCUT2D eigenvalue weighted by Gasteiger charge is 2.10. The second kappa shape index (κ2) is 9.53. The zero-order valence-corrected chi connectivity index (χ0v) is 18.1. The van der Waals surface area contributed by atoms with E-state index in [2.05, 4.69) is 25.7 Å². The molecule has 0 spiro atoms. The molecule has 0 aliphatic heterocycles. The molecule has 0 atom stereocenters. The largest absolute Gasteiger partial charge is 0.357 e. The summed E-state index contributed by atoms with van der Waals surface area (Å²) in [6.45, 7) is 5.62. The second-order valence-corrected chi connectivity index (χ2v) is 8.91. The van der Waals surface area contributed by atoms with E-state index in [0.717, 1.165) is 28.9 Å². The molecule has 1 heterocycles. The number of rotatable bonds is 7. The molecule has 0 saturated heterocycles. The molecule has 9 heteroatoms. The molecule has 0 aliphatic rings. The van der Waals surface area contributed by atoms with E-state index < -0.39 is 9.84 Å². The highest BCUT2D eigenvalue weighted by Crippen LogP contribution is 2.17. The van der Waals surface area contributed by atoms with Gasteiger partial charge < -0.3 is 10.6 Å². The molecule has 0 radical (unpaired) electrons. The van der Waals surface area contributed by atoms with E-state index in [1.165, 1.54) is 12.6 Å². The van der Waals surface area contributed by atoms with E-state index in [1.54, 1.807) is 30.1 Å². The van der Waals surface area contributed by atoms with Crippen LogP contribution in [0.3, 0.4) is 0 Å². The summed E-state index contributed by atoms with van der Waals surface area (Å²) >= 11 is 0. The lowest BCUT2D eigenvalue weighted by molar-refractivity contribution is 0.601. The van der Waals surface area contributed by atoms with Gasteiger partial charge in [0.05, 0.1) is 17.1 Å². The molecule has 2 aromatic carbocycles. The lowest BCUT2D eigenvalue weighted by Gasteiger charge is -2.12. The Balaban J connectivity index is 1.64. The van der Waals surface area contributed by atoms with Crippen molar-refractivity contribution in [2.24, 2.45) is 4.99 Å². The van der Waals surface area contributed by atoms with E-state index in [9.17, 15) is 8.42 Å². The number of aryl methyl sites for hydroxylation is 1. The van der Waals surface area contributed by atoms with Crippen LogP contribution in [0.15, 0.2) is 65.0 Å². The average Bonchev–Trinajstić information content (AvgIpc) is 3.24. The Kier molecular flexibility index (Phi) is 6.83. The smallest absolute Gasteiger partial charge is 0.191 e. The summed E-state index contributed by atoms with van der Waals surface area (Å²) in [7, 11) is -3.22. The van der Waals surface area contributed by atoms with Gasteiger partial charge in [-0.3, -0.25) is 0 Å². The first-order valence-electron chi connectivity index (χ1n) is 9.62. The van der Waals surface area contributed by atoms with Gasteiger partial charge in [0.15, 0.2) is 15.8 Å². The predicted molar refractivity (Wildman–Crippen MR) is 117 cm³/mol. The Hall–Kier alpha value is -3.20. The topological polar surface area (TPSA) is 101 Å². The van der Waals surface area contributed by atoms with E-state index >= 15 is 0 Å². The summed E-state index contributed by atoms with van der Waals surface area (Å²) in [6, 6.07) is 13.4. The van der Waals surface area contributed by atoms with Gasteiger partial charge >= 0.3 is 0 Å². The van der Waals surface area contributed by atoms with Crippen molar-refractivity contribution in [1.29, 1.82) is 0 Å². The first kappa shape index (κ1) is 21.5. The molecule has 0 bridgehead atoms. The molecule has 158 valence electrons. The standard InChI is InChI=1S/C21H26N6O2S/c1-4-23-21(25-13-18-7-10-20(16(2)11-18)30(3,28)29)24-12-17-5-8-19(9-6-17)27-15-22-14-26-27/h5-11,14-15H,4,12-13H2,1-3H3,(H2,23,24,25). The van der Waals surface area contributed by atoms with Crippen LogP contribution in [0.1, 0.15) is 23.6 Å². The fraction of sp³-hybridized carbons (Fsp3) is 0.286. The summed E-state index contributed by atoms with van der Waals surface area (Å²) in [5, 5.41) is 10.7. The normalized spacial score (nSPS) is 12.0. The number of aromatic nitrogens is 3. The zero-order valence-electron chi connectivity index (χ0n) is 17.3. The number of aliphatic imine (C=N–C) groups is 1. The van der Waals surface area contributed by atoms with Crippen molar-refractivity contribution in [3.63, 3.8) is 0 Å². The molecule has 0 saturated carbocycles. The van der Waals surface area contributed by atoms with E-state index in [0.29, 0.717) is 23.9 Å². The molecular formula is C21H26N6O2S. The Labute approximate surface area is 177 Å². The highest BCUT2D eigenvalue weighted by molar-refractivity contribution is 7.90. The minimum atomic E-state index is -3.22. The molecule has 0 aliphatic carbocycles. The van der Waals surface area contributed by atoms with Crippen molar-refractivity contribution in [2.75, 3.05) is 12.8 Å². The number of nitrogens with zero attached hydrogens (tertiary/aromatic N) is 4. The fourth-order valence-corrected chi connectivity index (χ4v) is 3.99. The van der Waals surface area contributed by atoms with Crippen LogP contribution in [0.2, 0.25) is 0 Å². The number of nitrogens with one attached hydrogen (secondary N) is 2. The van der Waals surface area contributed by atoms with Crippen LogP contribution in [-0.2, 0) is 22.9 Å². The molecule has 0 unspecified atom stereocenters. The fourth-order valence-electron chi connectivity index (χ4n) is 3.03. The minimum absolute atomic E-state index is 0.356. The Bertz CT molecular complexity index is 1110. The van der Waals surface area contributed by atoms with Crippen LogP contribution in [0, 0.1) is 6.92 Å². The maximum atomic E-state index is 11.8. The molecular weight excluding hydrogens is 400 g/mol. The van der Waals surface area contributed by atoms with Gasteiger partial charge in [-0.15, -0.1) is 0 Å². The van der Waals surface area contributed by atoms with Crippen LogP contribution < -0.4 is 10.6 Å². The van der Waals surface area contributed by atoms with Gasteiger partial charge in [-0.2, -0.15) is 5.10 Å². The van der Waals surface area contributed by atoms with Gasteiger partial charge in [0.1, 0.15) is 12.7 Å². The number of hydrogen-bond acceptors (Lipinski definition) is 5. The van der Waals surface area contributed by atoms with E-state index in [1.807, 2.05) is 37.3 Å². The lowest BCUT2D eigenvalue weighted by atomic mass is 10.1. The van der Waals surface area contributed by atoms with Crippen molar-refractivity contribution in [1.82, 2.24) is 25.4 Å². The summed E-state index contributed by atoms with van der Waals surface area (Å²) in [5.41, 5.74) is 3.74. The Morgan fingerprint density at radius 3 is 2.43 bits per heavy atom. The third kappa shape index (κ3) is 5.66. The molecule has 1 aromatic heterocycles. The zero-order chi connectivity index (χ0) is 21.6. The average molecular weight is 427 g/mol. The summed E-state index contributed by atoms with van der Waals surface area (Å²) in [5.74, 6) is 0.697. The number of guanidine groups is 1. The third-order valence-corrected chi connectivity index (χ3v) is 5.74. The van der Waals surface area contributed by atoms with Gasteiger partial charge in [-0.25, -0.2) is 23.1 Å². The molecule has 0 amide bonds. The minimum Gasteiger partial charge on any atom is -0.357 e. The van der Waals surface area contributed by atoms with Gasteiger partial charge in [0.2, 0.25) is 0 Å². The third-order valence-electron chi connectivity index (χ3n) is 4.48. The van der Waals surface area contributed by atoms with Crippen molar-refractivity contribution >= 4 is 15.8 Å². The Morgan fingerprint density at radius 1 is 1.10 bits per heavy atom. The predicted octanol–water partition coefficient (Wildman–Crippen LogP) is 2.23. The highest BCUT2D eigenvalue weighted by atomic mass is 32.2. The SMILES string of the molecule is CCNC(=NCc1ccc(S(C)(=O)=O)c(C)c1)NCc1ccc(-n2cncn2)cc1. The summed E-state index contributed by atoms with van der Waals surface area (Å²) in [4.78, 5) is 8.92. The van der Waals surface area contributed by atoms with Crippen molar-refractivity contribution < 1.29 is 8.42 Å².